The summed E-state index contributed by atoms with van der Waals surface area (Å²) in [5.41, 5.74) is 1.35. The number of hydrogen-bond donors (Lipinski definition) is 1. The van der Waals surface area contributed by atoms with Crippen LogP contribution in [-0.4, -0.2) is 51.8 Å². The molecule has 2 aliphatic rings. The predicted octanol–water partition coefficient (Wildman–Crippen LogP) is 3.78. The Hall–Kier alpha value is -2.02. The number of nitrogens with one attached hydrogen (secondary N) is 1. The van der Waals surface area contributed by atoms with E-state index in [1.54, 1.807) is 0 Å². The maximum absolute atomic E-state index is 13.5. The van der Waals surface area contributed by atoms with Crippen LogP contribution in [-0.2, 0) is 0 Å². The molecule has 1 aromatic carbocycles. The van der Waals surface area contributed by atoms with Crippen molar-refractivity contribution < 1.29 is 8.78 Å². The molecule has 0 aliphatic carbocycles. The van der Waals surface area contributed by atoms with Crippen LogP contribution in [0.25, 0.3) is 0 Å². The summed E-state index contributed by atoms with van der Waals surface area (Å²) < 4.78 is 28.4. The van der Waals surface area contributed by atoms with E-state index in [0.717, 1.165) is 32.5 Å². The molecular formula is C20H27F2N5. The lowest BCUT2D eigenvalue weighted by Crippen LogP contribution is -2.47. The van der Waals surface area contributed by atoms with Gasteiger partial charge in [0.2, 0.25) is 5.95 Å². The summed E-state index contributed by atoms with van der Waals surface area (Å²) >= 11 is 0. The molecule has 2 aliphatic heterocycles. The molecule has 7 heteroatoms. The molecule has 0 bridgehead atoms. The number of nitrogens with zero attached hydrogens (tertiary/aromatic N) is 4. The molecule has 146 valence electrons. The van der Waals surface area contributed by atoms with Gasteiger partial charge in [-0.2, -0.15) is 10.1 Å². The van der Waals surface area contributed by atoms with Crippen molar-refractivity contribution in [2.45, 2.75) is 50.6 Å². The van der Waals surface area contributed by atoms with Crippen LogP contribution in [0, 0.1) is 5.92 Å². The molecule has 2 aromatic rings. The summed E-state index contributed by atoms with van der Waals surface area (Å²) in [5.74, 6) is 1.29. The first kappa shape index (κ1) is 18.3. The van der Waals surface area contributed by atoms with Crippen LogP contribution >= 0.6 is 0 Å². The predicted molar refractivity (Wildman–Crippen MR) is 101 cm³/mol. The van der Waals surface area contributed by atoms with Gasteiger partial charge in [-0.3, -0.25) is 0 Å². The zero-order chi connectivity index (χ0) is 18.8. The second-order valence-corrected chi connectivity index (χ2v) is 7.89. The van der Waals surface area contributed by atoms with Gasteiger partial charge in [0.05, 0.1) is 0 Å². The van der Waals surface area contributed by atoms with Crippen LogP contribution in [0.15, 0.2) is 36.7 Å². The molecule has 1 fully saturated rings. The molecule has 5 nitrogen and oxygen atoms in total. The Labute approximate surface area is 158 Å². The molecule has 0 unspecified atom stereocenters. The van der Waals surface area contributed by atoms with Gasteiger partial charge in [-0.25, -0.2) is 13.5 Å². The SMILES string of the molecule is C[C@@H](CN1CCC[C@H]([C@@H]2C[C@H](C(F)F)n3ncnc3N2)C1)c1ccccc1. The van der Waals surface area contributed by atoms with Crippen molar-refractivity contribution in [1.82, 2.24) is 19.7 Å². The molecule has 0 radical (unpaired) electrons. The van der Waals surface area contributed by atoms with Gasteiger partial charge in [0.1, 0.15) is 12.4 Å². The fraction of sp³-hybridized carbons (Fsp3) is 0.600. The lowest BCUT2D eigenvalue weighted by atomic mass is 9.85. The summed E-state index contributed by atoms with van der Waals surface area (Å²) in [7, 11) is 0. The number of piperidine rings is 1. The molecule has 0 amide bonds. The average Bonchev–Trinajstić information content (AvgIpc) is 3.16. The van der Waals surface area contributed by atoms with Crippen LogP contribution < -0.4 is 5.32 Å². The largest absolute Gasteiger partial charge is 0.351 e. The lowest BCUT2D eigenvalue weighted by Gasteiger charge is -2.41. The Bertz CT molecular complexity index is 735. The molecule has 3 heterocycles. The standard InChI is InChI=1S/C20H27F2N5/c1-14(15-6-3-2-4-7-15)11-26-9-5-8-16(12-26)17-10-18(19(21)22)27-20(25-17)23-13-24-27/h2-4,6-7,13-14,16-19H,5,8-12H2,1H3,(H,23,24,25)/t14-,16-,17-,18+/m0/s1. The molecule has 0 spiro atoms. The van der Waals surface area contributed by atoms with E-state index >= 15 is 0 Å². The number of halogens is 2. The van der Waals surface area contributed by atoms with Gasteiger partial charge in [0.15, 0.2) is 0 Å². The number of hydrogen-bond acceptors (Lipinski definition) is 4. The number of likely N-dealkylation sites (tertiary alicyclic amines) is 1. The van der Waals surface area contributed by atoms with E-state index in [9.17, 15) is 8.78 Å². The van der Waals surface area contributed by atoms with Crippen molar-refractivity contribution in [2.24, 2.45) is 5.92 Å². The van der Waals surface area contributed by atoms with E-state index < -0.39 is 12.5 Å². The van der Waals surface area contributed by atoms with Crippen LogP contribution in [0.5, 0.6) is 0 Å². The lowest BCUT2D eigenvalue weighted by molar-refractivity contribution is 0.0552. The maximum Gasteiger partial charge on any atom is 0.260 e. The minimum absolute atomic E-state index is 0.0236. The quantitative estimate of drug-likeness (QED) is 0.864. The number of anilines is 1. The van der Waals surface area contributed by atoms with E-state index in [1.807, 2.05) is 6.07 Å². The Kier molecular flexibility index (Phi) is 5.38. The number of fused-ring (bicyclic) bond motifs is 1. The topological polar surface area (TPSA) is 46.0 Å². The Morgan fingerprint density at radius 1 is 1.26 bits per heavy atom. The summed E-state index contributed by atoms with van der Waals surface area (Å²) in [6, 6.07) is 9.70. The second-order valence-electron chi connectivity index (χ2n) is 7.89. The van der Waals surface area contributed by atoms with Crippen molar-refractivity contribution in [3.63, 3.8) is 0 Å². The summed E-state index contributed by atoms with van der Waals surface area (Å²) in [6.45, 7) is 5.28. The Morgan fingerprint density at radius 2 is 2.07 bits per heavy atom. The minimum Gasteiger partial charge on any atom is -0.351 e. The fourth-order valence-corrected chi connectivity index (χ4v) is 4.56. The van der Waals surface area contributed by atoms with Crippen molar-refractivity contribution in [3.8, 4) is 0 Å². The van der Waals surface area contributed by atoms with Crippen molar-refractivity contribution in [2.75, 3.05) is 25.0 Å². The fourth-order valence-electron chi connectivity index (χ4n) is 4.56. The molecule has 1 aromatic heterocycles. The molecule has 4 rings (SSSR count). The zero-order valence-corrected chi connectivity index (χ0v) is 15.6. The first-order valence-corrected chi connectivity index (χ1v) is 9.83. The van der Waals surface area contributed by atoms with E-state index in [2.05, 4.69) is 51.5 Å². The number of alkyl halides is 2. The highest BCUT2D eigenvalue weighted by Gasteiger charge is 2.38. The van der Waals surface area contributed by atoms with E-state index in [1.165, 1.54) is 16.6 Å². The summed E-state index contributed by atoms with van der Waals surface area (Å²) in [4.78, 5) is 6.63. The molecule has 0 saturated carbocycles. The molecule has 27 heavy (non-hydrogen) atoms. The van der Waals surface area contributed by atoms with Gasteiger partial charge in [-0.1, -0.05) is 37.3 Å². The van der Waals surface area contributed by atoms with Crippen LogP contribution in [0.4, 0.5) is 14.7 Å². The zero-order valence-electron chi connectivity index (χ0n) is 15.6. The van der Waals surface area contributed by atoms with Crippen molar-refractivity contribution in [3.05, 3.63) is 42.2 Å². The van der Waals surface area contributed by atoms with Crippen LogP contribution in [0.2, 0.25) is 0 Å². The van der Waals surface area contributed by atoms with Gasteiger partial charge < -0.3 is 10.2 Å². The molecule has 1 N–H and O–H groups in total. The first-order valence-electron chi connectivity index (χ1n) is 9.83. The van der Waals surface area contributed by atoms with Gasteiger partial charge >= 0.3 is 0 Å². The number of benzene rings is 1. The highest BCUT2D eigenvalue weighted by molar-refractivity contribution is 5.29. The highest BCUT2D eigenvalue weighted by Crippen LogP contribution is 2.35. The van der Waals surface area contributed by atoms with Crippen LogP contribution in [0.1, 0.15) is 43.7 Å². The highest BCUT2D eigenvalue weighted by atomic mass is 19.3. The third kappa shape index (κ3) is 3.98. The van der Waals surface area contributed by atoms with Crippen molar-refractivity contribution in [1.29, 1.82) is 0 Å². The summed E-state index contributed by atoms with van der Waals surface area (Å²) in [5, 5.41) is 7.35. The summed E-state index contributed by atoms with van der Waals surface area (Å²) in [6.07, 6.45) is 1.51. The minimum atomic E-state index is -2.42. The van der Waals surface area contributed by atoms with Crippen LogP contribution in [0.3, 0.4) is 0 Å². The van der Waals surface area contributed by atoms with E-state index in [-0.39, 0.29) is 6.04 Å². The van der Waals surface area contributed by atoms with Gasteiger partial charge in [-0.15, -0.1) is 0 Å². The molecule has 1 saturated heterocycles. The van der Waals surface area contributed by atoms with E-state index in [0.29, 0.717) is 24.2 Å². The van der Waals surface area contributed by atoms with Gasteiger partial charge in [0.25, 0.3) is 6.43 Å². The normalized spacial score (nSPS) is 27.2. The third-order valence-corrected chi connectivity index (χ3v) is 6.00. The Morgan fingerprint density at radius 3 is 2.85 bits per heavy atom. The number of rotatable bonds is 5. The smallest absolute Gasteiger partial charge is 0.260 e. The Balaban J connectivity index is 1.41. The maximum atomic E-state index is 13.5. The third-order valence-electron chi connectivity index (χ3n) is 6.00. The average molecular weight is 375 g/mol. The number of aromatic nitrogens is 3. The molecule has 4 atom stereocenters. The van der Waals surface area contributed by atoms with Crippen molar-refractivity contribution >= 4 is 5.95 Å². The molecular weight excluding hydrogens is 348 g/mol. The van der Waals surface area contributed by atoms with Gasteiger partial charge in [0, 0.05) is 19.1 Å². The first-order chi connectivity index (χ1) is 13.1. The van der Waals surface area contributed by atoms with Gasteiger partial charge in [-0.05, 0) is 43.2 Å². The monoisotopic (exact) mass is 375 g/mol. The van der Waals surface area contributed by atoms with E-state index in [4.69, 9.17) is 0 Å². The second kappa shape index (κ2) is 7.92.